The lowest BCUT2D eigenvalue weighted by molar-refractivity contribution is -0.124. The van der Waals surface area contributed by atoms with E-state index in [1.807, 2.05) is 0 Å². The number of allylic oxidation sites excluding steroid dienone is 1. The van der Waals surface area contributed by atoms with Crippen LogP contribution in [0.1, 0.15) is 16.7 Å². The number of fused-ring (bicyclic) bond motifs is 1. The Morgan fingerprint density at radius 2 is 1.77 bits per heavy atom. The van der Waals surface area contributed by atoms with Crippen molar-refractivity contribution in [1.82, 2.24) is 15.9 Å². The number of hydrogen-bond acceptors (Lipinski definition) is 7. The van der Waals surface area contributed by atoms with Gasteiger partial charge in [-0.15, -0.1) is 0 Å². The molecule has 162 valence electrons. The maximum Gasteiger partial charge on any atom is 0.267 e. The summed E-state index contributed by atoms with van der Waals surface area (Å²) in [5.74, 6) is -0.985. The van der Waals surface area contributed by atoms with Crippen LogP contribution in [0, 0.1) is 0 Å². The zero-order valence-corrected chi connectivity index (χ0v) is 17.0. The van der Waals surface area contributed by atoms with E-state index >= 15 is 0 Å². The van der Waals surface area contributed by atoms with Crippen LogP contribution < -0.4 is 15.3 Å². The average Bonchev–Trinajstić information content (AvgIpc) is 3.21. The molecule has 0 unspecified atom stereocenters. The van der Waals surface area contributed by atoms with Gasteiger partial charge >= 0.3 is 0 Å². The van der Waals surface area contributed by atoms with Gasteiger partial charge in [-0.05, 0) is 53.8 Å². The standard InChI is InChI=1S/C20H20N4O6S/c25-18(22-27)3-1-2-14-4-7-17(8-5-14)31(29,30)24-11-10-16-12-15(13-21-20(16)24)6-9-19(26)23-28/h1,3-9,12-13,27-28H,2,10-11H2,(H,22,25)(H,23,26). The molecule has 10 nitrogen and oxygen atoms in total. The molecule has 2 aromatic rings. The number of hydrogen-bond donors (Lipinski definition) is 4. The molecule has 0 radical (unpaired) electrons. The average molecular weight is 444 g/mol. The van der Waals surface area contributed by atoms with Crippen molar-refractivity contribution in [3.8, 4) is 0 Å². The molecule has 0 fully saturated rings. The fraction of sp³-hybridized carbons (Fsp3) is 0.150. The fourth-order valence-electron chi connectivity index (χ4n) is 3.06. The maximum atomic E-state index is 13.1. The van der Waals surface area contributed by atoms with Crippen molar-refractivity contribution in [2.45, 2.75) is 17.7 Å². The molecule has 11 heteroatoms. The summed E-state index contributed by atoms with van der Waals surface area (Å²) in [7, 11) is -3.81. The molecule has 3 rings (SSSR count). The number of rotatable bonds is 7. The number of carbonyl (C=O) groups excluding carboxylic acids is 2. The van der Waals surface area contributed by atoms with Crippen molar-refractivity contribution in [3.63, 3.8) is 0 Å². The molecule has 1 aromatic heterocycles. The Morgan fingerprint density at radius 1 is 1.10 bits per heavy atom. The Kier molecular flexibility index (Phi) is 6.80. The van der Waals surface area contributed by atoms with Gasteiger partial charge < -0.3 is 0 Å². The van der Waals surface area contributed by atoms with Crippen molar-refractivity contribution in [2.75, 3.05) is 10.8 Å². The molecule has 0 bridgehead atoms. The van der Waals surface area contributed by atoms with E-state index in [2.05, 4.69) is 4.98 Å². The number of nitrogens with one attached hydrogen (secondary N) is 2. The molecule has 2 heterocycles. The first-order chi connectivity index (χ1) is 14.8. The minimum atomic E-state index is -3.81. The Balaban J connectivity index is 1.76. The van der Waals surface area contributed by atoms with Gasteiger partial charge in [0.05, 0.1) is 4.90 Å². The minimum absolute atomic E-state index is 0.117. The first-order valence-electron chi connectivity index (χ1n) is 9.18. The van der Waals surface area contributed by atoms with Crippen LogP contribution in [0.15, 0.2) is 59.7 Å². The van der Waals surface area contributed by atoms with E-state index in [1.165, 1.54) is 45.7 Å². The summed E-state index contributed by atoms with van der Waals surface area (Å²) in [6.07, 6.45) is 7.65. The van der Waals surface area contributed by atoms with Gasteiger partial charge in [0.15, 0.2) is 0 Å². The van der Waals surface area contributed by atoms with Crippen molar-refractivity contribution >= 4 is 33.7 Å². The molecule has 4 N–H and O–H groups in total. The van der Waals surface area contributed by atoms with E-state index in [1.54, 1.807) is 24.3 Å². The topological polar surface area (TPSA) is 149 Å². The highest BCUT2D eigenvalue weighted by molar-refractivity contribution is 7.92. The third-order valence-electron chi connectivity index (χ3n) is 4.57. The van der Waals surface area contributed by atoms with Crippen LogP contribution in [-0.4, -0.2) is 42.2 Å². The summed E-state index contributed by atoms with van der Waals surface area (Å²) < 4.78 is 27.4. The number of anilines is 1. The summed E-state index contributed by atoms with van der Waals surface area (Å²) in [6.45, 7) is 0.246. The second-order valence-corrected chi connectivity index (χ2v) is 8.48. The van der Waals surface area contributed by atoms with Crippen LogP contribution in [-0.2, 0) is 32.5 Å². The van der Waals surface area contributed by atoms with Crippen molar-refractivity contribution in [1.29, 1.82) is 0 Å². The number of sulfonamides is 1. The zero-order chi connectivity index (χ0) is 22.4. The van der Waals surface area contributed by atoms with E-state index < -0.39 is 21.8 Å². The predicted molar refractivity (Wildman–Crippen MR) is 111 cm³/mol. The SMILES string of the molecule is O=C(C=CCc1ccc(S(=O)(=O)N2CCc3cc(C=CC(=O)NO)cnc32)cc1)NO. The Hall–Kier alpha value is -3.54. The lowest BCUT2D eigenvalue weighted by atomic mass is 10.1. The monoisotopic (exact) mass is 444 g/mol. The van der Waals surface area contributed by atoms with E-state index in [-0.39, 0.29) is 11.4 Å². The van der Waals surface area contributed by atoms with Crippen LogP contribution in [0.25, 0.3) is 6.08 Å². The number of hydroxylamine groups is 2. The van der Waals surface area contributed by atoms with Crippen LogP contribution in [0.5, 0.6) is 0 Å². The molecule has 31 heavy (non-hydrogen) atoms. The molecule has 1 aliphatic rings. The van der Waals surface area contributed by atoms with Gasteiger partial charge in [0, 0.05) is 24.9 Å². The summed E-state index contributed by atoms with van der Waals surface area (Å²) in [4.78, 5) is 26.4. The largest absolute Gasteiger partial charge is 0.288 e. The smallest absolute Gasteiger partial charge is 0.267 e. The summed E-state index contributed by atoms with van der Waals surface area (Å²) in [5.41, 5.74) is 5.12. The highest BCUT2D eigenvalue weighted by atomic mass is 32.2. The van der Waals surface area contributed by atoms with Gasteiger partial charge in [-0.3, -0.25) is 20.0 Å². The van der Waals surface area contributed by atoms with E-state index in [9.17, 15) is 18.0 Å². The molecular formula is C20H20N4O6S. The summed E-state index contributed by atoms with van der Waals surface area (Å²) >= 11 is 0. The van der Waals surface area contributed by atoms with Crippen LogP contribution in [0.4, 0.5) is 5.82 Å². The first-order valence-corrected chi connectivity index (χ1v) is 10.6. The minimum Gasteiger partial charge on any atom is -0.288 e. The summed E-state index contributed by atoms with van der Waals surface area (Å²) in [5, 5.41) is 17.0. The normalized spacial score (nSPS) is 13.5. The van der Waals surface area contributed by atoms with Crippen LogP contribution >= 0.6 is 0 Å². The van der Waals surface area contributed by atoms with Gasteiger partial charge in [0.1, 0.15) is 5.82 Å². The van der Waals surface area contributed by atoms with Crippen molar-refractivity contribution in [3.05, 3.63) is 71.4 Å². The predicted octanol–water partition coefficient (Wildman–Crippen LogP) is 0.956. The molecule has 1 aliphatic heterocycles. The lowest BCUT2D eigenvalue weighted by Crippen LogP contribution is -2.29. The molecule has 0 spiro atoms. The second-order valence-electron chi connectivity index (χ2n) is 6.61. The van der Waals surface area contributed by atoms with Gasteiger partial charge in [-0.1, -0.05) is 18.2 Å². The molecule has 0 atom stereocenters. The third kappa shape index (κ3) is 5.15. The number of carbonyl (C=O) groups is 2. The van der Waals surface area contributed by atoms with Gasteiger partial charge in [0.2, 0.25) is 0 Å². The lowest BCUT2D eigenvalue weighted by Gasteiger charge is -2.18. The number of amides is 2. The number of nitrogens with zero attached hydrogens (tertiary/aromatic N) is 2. The summed E-state index contributed by atoms with van der Waals surface area (Å²) in [6, 6.07) is 8.04. The Labute approximate surface area is 178 Å². The highest BCUT2D eigenvalue weighted by Crippen LogP contribution is 2.31. The van der Waals surface area contributed by atoms with Crippen LogP contribution in [0.3, 0.4) is 0 Å². The number of pyridine rings is 1. The molecule has 0 aliphatic carbocycles. The van der Waals surface area contributed by atoms with E-state index in [0.29, 0.717) is 24.2 Å². The molecule has 0 saturated heterocycles. The van der Waals surface area contributed by atoms with Crippen molar-refractivity contribution < 1.29 is 28.4 Å². The Bertz CT molecular complexity index is 1140. The fourth-order valence-corrected chi connectivity index (χ4v) is 4.51. The van der Waals surface area contributed by atoms with Crippen LogP contribution in [0.2, 0.25) is 0 Å². The van der Waals surface area contributed by atoms with E-state index in [4.69, 9.17) is 10.4 Å². The highest BCUT2D eigenvalue weighted by Gasteiger charge is 2.32. The molecule has 2 amide bonds. The zero-order valence-electron chi connectivity index (χ0n) is 16.2. The third-order valence-corrected chi connectivity index (χ3v) is 6.37. The van der Waals surface area contributed by atoms with Crippen molar-refractivity contribution in [2.24, 2.45) is 0 Å². The molecule has 0 saturated carbocycles. The number of benzene rings is 1. The van der Waals surface area contributed by atoms with Gasteiger partial charge in [-0.25, -0.2) is 28.7 Å². The Morgan fingerprint density at radius 3 is 2.45 bits per heavy atom. The van der Waals surface area contributed by atoms with Gasteiger partial charge in [0.25, 0.3) is 21.8 Å². The maximum absolute atomic E-state index is 13.1. The molecular weight excluding hydrogens is 424 g/mol. The second kappa shape index (κ2) is 9.51. The first kappa shape index (κ1) is 22.2. The molecule has 1 aromatic carbocycles. The quantitative estimate of drug-likeness (QED) is 0.282. The van der Waals surface area contributed by atoms with E-state index in [0.717, 1.165) is 17.2 Å². The van der Waals surface area contributed by atoms with Gasteiger partial charge in [-0.2, -0.15) is 0 Å². The number of aromatic nitrogens is 1.